The molecule has 1 aliphatic carbocycles. The fourth-order valence-electron chi connectivity index (χ4n) is 2.78. The third kappa shape index (κ3) is 3.69. The number of fused-ring (bicyclic) bond motifs is 1. The molecule has 4 nitrogen and oxygen atoms in total. The van der Waals surface area contributed by atoms with E-state index in [4.69, 9.17) is 9.97 Å². The van der Waals surface area contributed by atoms with Crippen LogP contribution in [0, 0.1) is 0 Å². The fourth-order valence-corrected chi connectivity index (χ4v) is 2.78. The Morgan fingerprint density at radius 1 is 1.10 bits per heavy atom. The molecule has 4 heteroatoms. The summed E-state index contributed by atoms with van der Waals surface area (Å²) in [7, 11) is 0. The molecule has 0 fully saturated rings. The summed E-state index contributed by atoms with van der Waals surface area (Å²) in [4.78, 5) is 12.0. The Bertz CT molecular complexity index is 427. The van der Waals surface area contributed by atoms with Crippen molar-refractivity contribution in [3.8, 4) is 0 Å². The number of hydrogen-bond acceptors (Lipinski definition) is 4. The van der Waals surface area contributed by atoms with Crippen LogP contribution in [0.15, 0.2) is 0 Å². The van der Waals surface area contributed by atoms with E-state index in [9.17, 15) is 0 Å². The van der Waals surface area contributed by atoms with Crippen molar-refractivity contribution in [2.45, 2.75) is 52.9 Å². The van der Waals surface area contributed by atoms with Crippen LogP contribution in [0.4, 0.5) is 5.82 Å². The van der Waals surface area contributed by atoms with Gasteiger partial charge in [0, 0.05) is 30.8 Å². The second-order valence-corrected chi connectivity index (χ2v) is 5.47. The molecule has 1 aromatic heterocycles. The highest BCUT2D eigenvalue weighted by atomic mass is 15.1. The van der Waals surface area contributed by atoms with Gasteiger partial charge in [-0.1, -0.05) is 20.8 Å². The minimum absolute atomic E-state index is 0.954. The van der Waals surface area contributed by atoms with Gasteiger partial charge in [0.1, 0.15) is 11.6 Å². The summed E-state index contributed by atoms with van der Waals surface area (Å²) >= 11 is 0. The summed E-state index contributed by atoms with van der Waals surface area (Å²) in [5.74, 6) is 2.11. The molecular weight excluding hydrogens is 248 g/mol. The molecule has 0 unspecified atom stereocenters. The third-order valence-electron chi connectivity index (χ3n) is 4.07. The second-order valence-electron chi connectivity index (χ2n) is 5.47. The Kier molecular flexibility index (Phi) is 5.77. The average Bonchev–Trinajstić information content (AvgIpc) is 2.94. The van der Waals surface area contributed by atoms with Crippen LogP contribution in [0.3, 0.4) is 0 Å². The maximum Gasteiger partial charge on any atom is 0.133 e. The molecule has 0 atom stereocenters. The number of likely N-dealkylation sites (N-methyl/N-ethyl adjacent to an activating group) is 1. The van der Waals surface area contributed by atoms with Gasteiger partial charge in [-0.3, -0.25) is 0 Å². The summed E-state index contributed by atoms with van der Waals surface area (Å²) in [6.07, 6.45) is 5.57. The van der Waals surface area contributed by atoms with Crippen LogP contribution in [0.25, 0.3) is 0 Å². The molecule has 1 aliphatic rings. The predicted molar refractivity (Wildman–Crippen MR) is 84.3 cm³/mol. The van der Waals surface area contributed by atoms with Gasteiger partial charge in [0.15, 0.2) is 0 Å². The number of aryl methyl sites for hydroxylation is 1. The Balaban J connectivity index is 2.09. The first-order valence-corrected chi connectivity index (χ1v) is 8.13. The molecule has 1 aromatic rings. The highest BCUT2D eigenvalue weighted by Crippen LogP contribution is 2.26. The summed E-state index contributed by atoms with van der Waals surface area (Å²) < 4.78 is 0. The molecule has 0 aliphatic heterocycles. The van der Waals surface area contributed by atoms with Gasteiger partial charge >= 0.3 is 0 Å². The minimum Gasteiger partial charge on any atom is -0.370 e. The van der Waals surface area contributed by atoms with Crippen molar-refractivity contribution in [2.75, 3.05) is 31.5 Å². The molecule has 1 heterocycles. The number of nitrogens with zero attached hydrogens (tertiary/aromatic N) is 3. The van der Waals surface area contributed by atoms with Crippen molar-refractivity contribution in [2.24, 2.45) is 0 Å². The fraction of sp³-hybridized carbons (Fsp3) is 0.750. The van der Waals surface area contributed by atoms with Gasteiger partial charge in [-0.2, -0.15) is 0 Å². The highest BCUT2D eigenvalue weighted by Gasteiger charge is 2.19. The van der Waals surface area contributed by atoms with E-state index in [1.807, 2.05) is 0 Å². The van der Waals surface area contributed by atoms with E-state index in [0.29, 0.717) is 0 Å². The van der Waals surface area contributed by atoms with Crippen molar-refractivity contribution in [3.05, 3.63) is 17.1 Å². The van der Waals surface area contributed by atoms with E-state index in [-0.39, 0.29) is 0 Å². The molecule has 0 bridgehead atoms. The van der Waals surface area contributed by atoms with E-state index < -0.39 is 0 Å². The first-order chi connectivity index (χ1) is 9.78. The van der Waals surface area contributed by atoms with Crippen molar-refractivity contribution in [3.63, 3.8) is 0 Å². The zero-order valence-electron chi connectivity index (χ0n) is 13.2. The van der Waals surface area contributed by atoms with Gasteiger partial charge < -0.3 is 10.2 Å². The lowest BCUT2D eigenvalue weighted by Crippen LogP contribution is -2.26. The van der Waals surface area contributed by atoms with Crippen LogP contribution in [0.5, 0.6) is 0 Å². The Morgan fingerprint density at radius 2 is 1.90 bits per heavy atom. The van der Waals surface area contributed by atoms with Crippen LogP contribution in [-0.4, -0.2) is 41.0 Å². The van der Waals surface area contributed by atoms with E-state index in [1.54, 1.807) is 0 Å². The van der Waals surface area contributed by atoms with Crippen LogP contribution >= 0.6 is 0 Å². The molecule has 112 valence electrons. The van der Waals surface area contributed by atoms with Gasteiger partial charge in [-0.15, -0.1) is 0 Å². The molecule has 20 heavy (non-hydrogen) atoms. The Hall–Kier alpha value is -1.16. The molecule has 0 saturated heterocycles. The maximum atomic E-state index is 4.78. The minimum atomic E-state index is 0.954. The Morgan fingerprint density at radius 3 is 2.60 bits per heavy atom. The summed E-state index contributed by atoms with van der Waals surface area (Å²) in [6, 6.07) is 0. The molecule has 1 N–H and O–H groups in total. The molecule has 0 radical (unpaired) electrons. The standard InChI is InChI=1S/C16H28N4/c1-4-11-17-16-13-8-7-9-14(13)18-15(19-16)10-12-20(5-2)6-3/h4-12H2,1-3H3,(H,17,18,19). The molecule has 0 amide bonds. The zero-order valence-corrected chi connectivity index (χ0v) is 13.2. The smallest absolute Gasteiger partial charge is 0.133 e. The van der Waals surface area contributed by atoms with Gasteiger partial charge in [0.25, 0.3) is 0 Å². The average molecular weight is 276 g/mol. The van der Waals surface area contributed by atoms with Crippen molar-refractivity contribution >= 4 is 5.82 Å². The Labute approximate surface area is 123 Å². The van der Waals surface area contributed by atoms with E-state index >= 15 is 0 Å². The van der Waals surface area contributed by atoms with E-state index in [2.05, 4.69) is 31.0 Å². The number of rotatable bonds is 8. The van der Waals surface area contributed by atoms with Crippen molar-refractivity contribution < 1.29 is 0 Å². The first-order valence-electron chi connectivity index (χ1n) is 8.13. The van der Waals surface area contributed by atoms with Crippen molar-refractivity contribution in [1.29, 1.82) is 0 Å². The van der Waals surface area contributed by atoms with E-state index in [1.165, 1.54) is 17.7 Å². The number of anilines is 1. The highest BCUT2D eigenvalue weighted by molar-refractivity contribution is 5.48. The lowest BCUT2D eigenvalue weighted by molar-refractivity contribution is 0.305. The van der Waals surface area contributed by atoms with Gasteiger partial charge in [-0.25, -0.2) is 9.97 Å². The van der Waals surface area contributed by atoms with Gasteiger partial charge in [0.05, 0.1) is 0 Å². The maximum absolute atomic E-state index is 4.78. The van der Waals surface area contributed by atoms with Crippen LogP contribution in [0.1, 0.15) is 50.7 Å². The lowest BCUT2D eigenvalue weighted by Gasteiger charge is -2.18. The predicted octanol–water partition coefficient (Wildman–Crippen LogP) is 2.67. The molecule has 0 saturated carbocycles. The molecule has 0 spiro atoms. The third-order valence-corrected chi connectivity index (χ3v) is 4.07. The SMILES string of the molecule is CCCNc1nc(CCN(CC)CC)nc2c1CCC2. The molecule has 0 aromatic carbocycles. The normalized spacial score (nSPS) is 13.8. The summed E-state index contributed by atoms with van der Waals surface area (Å²) in [6.45, 7) is 10.9. The monoisotopic (exact) mass is 276 g/mol. The van der Waals surface area contributed by atoms with Crippen molar-refractivity contribution in [1.82, 2.24) is 14.9 Å². The molecule has 2 rings (SSSR count). The number of hydrogen-bond donors (Lipinski definition) is 1. The largest absolute Gasteiger partial charge is 0.370 e. The zero-order chi connectivity index (χ0) is 14.4. The number of aromatic nitrogens is 2. The first kappa shape index (κ1) is 15.2. The summed E-state index contributed by atoms with van der Waals surface area (Å²) in [5.41, 5.74) is 2.65. The van der Waals surface area contributed by atoms with Crippen LogP contribution in [0.2, 0.25) is 0 Å². The molecular formula is C16H28N4. The summed E-state index contributed by atoms with van der Waals surface area (Å²) in [5, 5.41) is 3.49. The van der Waals surface area contributed by atoms with Crippen LogP contribution < -0.4 is 5.32 Å². The number of nitrogens with one attached hydrogen (secondary N) is 1. The van der Waals surface area contributed by atoms with Gasteiger partial charge in [-0.05, 0) is 38.8 Å². The quantitative estimate of drug-likeness (QED) is 0.792. The lowest BCUT2D eigenvalue weighted by atomic mass is 10.2. The second kappa shape index (κ2) is 7.58. The van der Waals surface area contributed by atoms with Gasteiger partial charge in [0.2, 0.25) is 0 Å². The van der Waals surface area contributed by atoms with Crippen LogP contribution in [-0.2, 0) is 19.3 Å². The topological polar surface area (TPSA) is 41.1 Å². The van der Waals surface area contributed by atoms with E-state index in [0.717, 1.165) is 63.5 Å².